The van der Waals surface area contributed by atoms with Crippen LogP contribution in [-0.2, 0) is 45.9 Å². The van der Waals surface area contributed by atoms with E-state index < -0.39 is 21.6 Å². The molecule has 2 atom stereocenters. The predicted octanol–water partition coefficient (Wildman–Crippen LogP) is 2.91. The van der Waals surface area contributed by atoms with E-state index in [4.69, 9.17) is 0 Å². The van der Waals surface area contributed by atoms with Gasteiger partial charge in [0.15, 0.2) is 0 Å². The molecule has 5 rings (SSSR count). The Morgan fingerprint density at radius 1 is 1.25 bits per heavy atom. The van der Waals surface area contributed by atoms with Crippen LogP contribution in [0.2, 0.25) is 0 Å². The number of carbonyl (C=O) groups excluding carboxylic acids is 1. The third-order valence-corrected chi connectivity index (χ3v) is 9.52. The van der Waals surface area contributed by atoms with Crippen molar-refractivity contribution in [2.24, 2.45) is 8.76 Å². The fraction of sp³-hybridized carbons (Fsp3) is 0.476. The summed E-state index contributed by atoms with van der Waals surface area (Å²) in [5.74, 6) is 0.374. The molecule has 32 heavy (non-hydrogen) atoms. The molecule has 2 heterocycles. The van der Waals surface area contributed by atoms with E-state index in [0.29, 0.717) is 15.2 Å². The van der Waals surface area contributed by atoms with Crippen LogP contribution in [-0.4, -0.2) is 40.0 Å². The highest BCUT2D eigenvalue weighted by molar-refractivity contribution is 7.96. The van der Waals surface area contributed by atoms with Crippen molar-refractivity contribution in [3.05, 3.63) is 39.5 Å². The first-order valence-electron chi connectivity index (χ1n) is 10.6. The molecule has 0 bridgehead atoms. The standard InChI is InChI=1S/C21H25N5O4S2/c1-21(28,11-23-20(27)30-2)18-22-10-16(31-18)32(29)25-19(26-32)24-17-14-7-3-5-12(14)9-13-6-4-8-15(13)17/h9-10,28H,3-8,11H2,1-2H3,(H,23,27)(H,24,25,26,29)/t21-/m1/s1. The second-order valence-corrected chi connectivity index (χ2v) is 11.6. The Labute approximate surface area is 190 Å². The quantitative estimate of drug-likeness (QED) is 0.611. The van der Waals surface area contributed by atoms with E-state index in [1.807, 2.05) is 0 Å². The van der Waals surface area contributed by atoms with Crippen LogP contribution in [0.1, 0.15) is 47.0 Å². The minimum Gasteiger partial charge on any atom is -0.453 e. The van der Waals surface area contributed by atoms with Gasteiger partial charge in [0.1, 0.15) is 14.8 Å². The van der Waals surface area contributed by atoms with Crippen molar-refractivity contribution in [3.8, 4) is 0 Å². The van der Waals surface area contributed by atoms with E-state index in [2.05, 4.69) is 35.2 Å². The van der Waals surface area contributed by atoms with Gasteiger partial charge in [0.2, 0.25) is 15.9 Å². The topological polar surface area (TPSA) is 125 Å². The van der Waals surface area contributed by atoms with Gasteiger partial charge in [-0.3, -0.25) is 0 Å². The van der Waals surface area contributed by atoms with Crippen LogP contribution in [0.25, 0.3) is 0 Å². The highest BCUT2D eigenvalue weighted by Gasteiger charge is 2.33. The summed E-state index contributed by atoms with van der Waals surface area (Å²) in [6.07, 6.45) is 7.38. The summed E-state index contributed by atoms with van der Waals surface area (Å²) in [6, 6.07) is 2.36. The van der Waals surface area contributed by atoms with E-state index in [9.17, 15) is 14.1 Å². The molecule has 0 radical (unpaired) electrons. The van der Waals surface area contributed by atoms with Crippen molar-refractivity contribution in [3.63, 3.8) is 0 Å². The number of aliphatic hydroxyl groups is 1. The van der Waals surface area contributed by atoms with Crippen LogP contribution in [0.4, 0.5) is 10.5 Å². The first kappa shape index (κ1) is 21.4. The maximum absolute atomic E-state index is 13.2. The number of thiazole rings is 1. The Balaban J connectivity index is 1.34. The Morgan fingerprint density at radius 2 is 1.91 bits per heavy atom. The molecule has 3 N–H and O–H groups in total. The average molecular weight is 476 g/mol. The van der Waals surface area contributed by atoms with Crippen molar-refractivity contribution < 1.29 is 18.8 Å². The Bertz CT molecular complexity index is 1220. The number of hydrogen-bond acceptors (Lipinski definition) is 8. The summed E-state index contributed by atoms with van der Waals surface area (Å²) < 4.78 is 26.7. The SMILES string of the molecule is COC(=O)NC[C@@](C)(O)c1ncc(S2(=O)=NC(Nc3c4c(cc5c3CCC5)CCC4)=N2)s1. The molecule has 2 aliphatic carbocycles. The van der Waals surface area contributed by atoms with Crippen LogP contribution in [0, 0.1) is 0 Å². The molecule has 1 aliphatic heterocycles. The number of fused-ring (bicyclic) bond motifs is 2. The van der Waals surface area contributed by atoms with E-state index in [1.165, 1.54) is 42.5 Å². The highest BCUT2D eigenvalue weighted by Crippen LogP contribution is 2.39. The van der Waals surface area contributed by atoms with Gasteiger partial charge in [-0.05, 0) is 67.7 Å². The number of aryl methyl sites for hydroxylation is 2. The van der Waals surface area contributed by atoms with Gasteiger partial charge < -0.3 is 20.5 Å². The molecule has 2 aromatic rings. The lowest BCUT2D eigenvalue weighted by Crippen LogP contribution is -2.38. The fourth-order valence-electron chi connectivity index (χ4n) is 4.48. The van der Waals surface area contributed by atoms with Gasteiger partial charge in [-0.1, -0.05) is 6.07 Å². The molecular formula is C21H25N5O4S2. The lowest BCUT2D eigenvalue weighted by Gasteiger charge is -2.21. The Morgan fingerprint density at radius 3 is 2.53 bits per heavy atom. The first-order chi connectivity index (χ1) is 15.3. The maximum atomic E-state index is 13.2. The molecule has 1 unspecified atom stereocenters. The van der Waals surface area contributed by atoms with Crippen LogP contribution in [0.3, 0.4) is 0 Å². The number of ether oxygens (including phenoxy) is 1. The third kappa shape index (κ3) is 3.67. The molecule has 0 saturated carbocycles. The number of nitrogens with one attached hydrogen (secondary N) is 2. The molecule has 1 aromatic heterocycles. The largest absolute Gasteiger partial charge is 0.453 e. The van der Waals surface area contributed by atoms with Gasteiger partial charge in [0.25, 0.3) is 0 Å². The molecule has 0 saturated heterocycles. The monoisotopic (exact) mass is 475 g/mol. The number of nitrogens with zero attached hydrogens (tertiary/aromatic N) is 3. The summed E-state index contributed by atoms with van der Waals surface area (Å²) in [6.45, 7) is 1.42. The van der Waals surface area contributed by atoms with E-state index in [0.717, 1.165) is 55.5 Å². The Hall–Kier alpha value is -2.50. The van der Waals surface area contributed by atoms with Crippen LogP contribution in [0.5, 0.6) is 0 Å². The zero-order valence-electron chi connectivity index (χ0n) is 17.9. The van der Waals surface area contributed by atoms with Gasteiger partial charge in [-0.2, -0.15) is 0 Å². The first-order valence-corrected chi connectivity index (χ1v) is 12.9. The third-order valence-electron chi connectivity index (χ3n) is 6.10. The number of anilines is 1. The van der Waals surface area contributed by atoms with E-state index >= 15 is 0 Å². The molecule has 0 spiro atoms. The summed E-state index contributed by atoms with van der Waals surface area (Å²) in [7, 11) is -1.71. The summed E-state index contributed by atoms with van der Waals surface area (Å²) in [5.41, 5.74) is 5.17. The summed E-state index contributed by atoms with van der Waals surface area (Å²) in [4.78, 5) is 15.5. The number of amides is 1. The number of benzene rings is 1. The lowest BCUT2D eigenvalue weighted by molar-refractivity contribution is 0.0551. The van der Waals surface area contributed by atoms with Crippen molar-refractivity contribution in [2.45, 2.75) is 55.3 Å². The minimum atomic E-state index is -2.96. The second kappa shape index (κ2) is 7.82. The molecule has 1 aromatic carbocycles. The van der Waals surface area contributed by atoms with Gasteiger partial charge in [-0.25, -0.2) is 14.0 Å². The summed E-state index contributed by atoms with van der Waals surface area (Å²) >= 11 is 1.07. The zero-order chi connectivity index (χ0) is 22.5. The normalized spacial score (nSPS) is 22.7. The number of rotatable bonds is 5. The molecular weight excluding hydrogens is 450 g/mol. The van der Waals surface area contributed by atoms with E-state index in [-0.39, 0.29) is 6.54 Å². The lowest BCUT2D eigenvalue weighted by atomic mass is 9.99. The molecule has 0 fully saturated rings. The van der Waals surface area contributed by atoms with Gasteiger partial charge in [0, 0.05) is 5.69 Å². The number of carbonyl (C=O) groups is 1. The van der Waals surface area contributed by atoms with Crippen molar-refractivity contribution in [2.75, 3.05) is 19.0 Å². The number of hydrogen-bond donors (Lipinski definition) is 3. The number of guanidine groups is 1. The van der Waals surface area contributed by atoms with Gasteiger partial charge in [-0.15, -0.1) is 20.1 Å². The number of alkyl carbamates (subject to hydrolysis) is 1. The smallest absolute Gasteiger partial charge is 0.406 e. The molecule has 3 aliphatic rings. The van der Waals surface area contributed by atoms with Crippen molar-refractivity contribution >= 4 is 39.0 Å². The predicted molar refractivity (Wildman–Crippen MR) is 122 cm³/mol. The molecule has 1 amide bonds. The van der Waals surface area contributed by atoms with Crippen molar-refractivity contribution in [1.29, 1.82) is 0 Å². The Kier molecular flexibility index (Phi) is 5.22. The minimum absolute atomic E-state index is 0.0920. The van der Waals surface area contributed by atoms with Gasteiger partial charge in [0.05, 0.1) is 19.9 Å². The molecule has 9 nitrogen and oxygen atoms in total. The van der Waals surface area contributed by atoms with Crippen LogP contribution < -0.4 is 10.6 Å². The maximum Gasteiger partial charge on any atom is 0.406 e. The molecule has 11 heteroatoms. The second-order valence-electron chi connectivity index (χ2n) is 8.47. The van der Waals surface area contributed by atoms with E-state index in [1.54, 1.807) is 0 Å². The van der Waals surface area contributed by atoms with Gasteiger partial charge >= 0.3 is 6.09 Å². The summed E-state index contributed by atoms with van der Waals surface area (Å²) in [5, 5.41) is 16.8. The average Bonchev–Trinajstić information content (AvgIpc) is 3.50. The molecule has 170 valence electrons. The zero-order valence-corrected chi connectivity index (χ0v) is 19.6. The van der Waals surface area contributed by atoms with Crippen LogP contribution >= 0.6 is 11.3 Å². The fourth-order valence-corrected chi connectivity index (χ4v) is 7.00. The van der Waals surface area contributed by atoms with Crippen LogP contribution in [0.15, 0.2) is 25.2 Å². The number of methoxy groups -OCH3 is 1. The highest BCUT2D eigenvalue weighted by atomic mass is 32.2. The number of aromatic nitrogens is 1. The van der Waals surface area contributed by atoms with Crippen molar-refractivity contribution in [1.82, 2.24) is 10.3 Å².